The van der Waals surface area contributed by atoms with Crippen molar-refractivity contribution in [2.45, 2.75) is 33.3 Å². The van der Waals surface area contributed by atoms with Crippen LogP contribution in [0.25, 0.3) is 0 Å². The highest BCUT2D eigenvalue weighted by Gasteiger charge is 2.04. The van der Waals surface area contributed by atoms with E-state index in [9.17, 15) is 0 Å². The Kier molecular flexibility index (Phi) is 4.27. The zero-order chi connectivity index (χ0) is 13.7. The van der Waals surface area contributed by atoms with Gasteiger partial charge in [0.1, 0.15) is 0 Å². The first kappa shape index (κ1) is 13.3. The monoisotopic (exact) mass is 263 g/mol. The quantitative estimate of drug-likeness (QED) is 0.847. The van der Waals surface area contributed by atoms with Crippen LogP contribution in [0.5, 0.6) is 5.88 Å². The van der Waals surface area contributed by atoms with Crippen molar-refractivity contribution in [3.63, 3.8) is 0 Å². The van der Waals surface area contributed by atoms with E-state index in [2.05, 4.69) is 25.4 Å². The van der Waals surface area contributed by atoms with Crippen molar-refractivity contribution < 1.29 is 9.26 Å². The van der Waals surface area contributed by atoms with Gasteiger partial charge in [0.25, 0.3) is 0 Å². The molecule has 0 bridgehead atoms. The minimum Gasteiger partial charge on any atom is -0.475 e. The van der Waals surface area contributed by atoms with E-state index in [4.69, 9.17) is 9.26 Å². The number of ether oxygens (including phenoxy) is 1. The molecule has 0 spiro atoms. The Morgan fingerprint density at radius 2 is 2.21 bits per heavy atom. The highest BCUT2D eigenvalue weighted by Crippen LogP contribution is 2.10. The Labute approximate surface area is 111 Å². The van der Waals surface area contributed by atoms with Crippen LogP contribution in [0.3, 0.4) is 0 Å². The Morgan fingerprint density at radius 3 is 2.89 bits per heavy atom. The van der Waals surface area contributed by atoms with E-state index in [1.807, 2.05) is 13.8 Å². The van der Waals surface area contributed by atoms with Crippen LogP contribution >= 0.6 is 0 Å². The van der Waals surface area contributed by atoms with Crippen LogP contribution in [0.2, 0.25) is 0 Å². The lowest BCUT2D eigenvalue weighted by molar-refractivity contribution is 0.232. The molecule has 0 aliphatic carbocycles. The maximum atomic E-state index is 5.49. The van der Waals surface area contributed by atoms with E-state index in [-0.39, 0.29) is 6.10 Å². The molecule has 0 aromatic carbocycles. The molecule has 1 N–H and O–H groups in total. The molecule has 0 fully saturated rings. The van der Waals surface area contributed by atoms with Gasteiger partial charge in [0, 0.05) is 32.2 Å². The molecule has 7 heteroatoms. The van der Waals surface area contributed by atoms with E-state index in [1.165, 1.54) is 0 Å². The molecule has 2 aromatic heterocycles. The Balaban J connectivity index is 1.85. The number of nitrogens with one attached hydrogen (secondary N) is 1. The molecule has 0 saturated carbocycles. The molecular formula is C12H17N5O2. The Morgan fingerprint density at radius 1 is 1.37 bits per heavy atom. The summed E-state index contributed by atoms with van der Waals surface area (Å²) in [7, 11) is 0. The summed E-state index contributed by atoms with van der Waals surface area (Å²) in [6.07, 6.45) is 2.40. The van der Waals surface area contributed by atoms with Gasteiger partial charge in [-0.25, -0.2) is 4.98 Å². The molecule has 0 saturated heterocycles. The molecule has 2 heterocycles. The molecule has 2 aromatic rings. The van der Waals surface area contributed by atoms with Crippen molar-refractivity contribution >= 4 is 5.95 Å². The minimum absolute atomic E-state index is 0.0880. The van der Waals surface area contributed by atoms with Crippen LogP contribution in [0, 0.1) is 6.92 Å². The van der Waals surface area contributed by atoms with Crippen LogP contribution in [0.15, 0.2) is 16.8 Å². The van der Waals surface area contributed by atoms with Crippen molar-refractivity contribution in [2.24, 2.45) is 0 Å². The second-order valence-corrected chi connectivity index (χ2v) is 4.29. The topological polar surface area (TPSA) is 86.0 Å². The number of aromatic nitrogens is 4. The van der Waals surface area contributed by atoms with Crippen molar-refractivity contribution in [2.75, 3.05) is 11.9 Å². The average Bonchev–Trinajstić information content (AvgIpc) is 2.75. The maximum absolute atomic E-state index is 5.49. The van der Waals surface area contributed by atoms with Gasteiger partial charge in [0.2, 0.25) is 17.7 Å². The van der Waals surface area contributed by atoms with Gasteiger partial charge < -0.3 is 14.6 Å². The molecule has 7 nitrogen and oxygen atoms in total. The molecule has 0 radical (unpaired) electrons. The van der Waals surface area contributed by atoms with E-state index >= 15 is 0 Å². The zero-order valence-corrected chi connectivity index (χ0v) is 11.3. The summed E-state index contributed by atoms with van der Waals surface area (Å²) < 4.78 is 10.4. The predicted octanol–water partition coefficient (Wildman–Crippen LogP) is 1.61. The standard InChI is InChI=1S/C12H17N5O2/c1-8(2)18-11-5-7-14-12(16-11)13-6-4-10-15-9(3)19-17-10/h5,7-8H,4,6H2,1-3H3,(H,13,14,16). The maximum Gasteiger partial charge on any atom is 0.225 e. The van der Waals surface area contributed by atoms with Crippen LogP contribution in [0.1, 0.15) is 25.6 Å². The Hall–Kier alpha value is -2.18. The highest BCUT2D eigenvalue weighted by molar-refractivity contribution is 5.27. The third-order valence-electron chi connectivity index (χ3n) is 2.19. The second-order valence-electron chi connectivity index (χ2n) is 4.29. The van der Waals surface area contributed by atoms with Gasteiger partial charge in [-0.05, 0) is 13.8 Å². The normalized spacial score (nSPS) is 10.7. The first-order chi connectivity index (χ1) is 9.13. The van der Waals surface area contributed by atoms with E-state index in [0.29, 0.717) is 36.5 Å². The summed E-state index contributed by atoms with van der Waals surface area (Å²) in [4.78, 5) is 12.5. The molecule has 0 aliphatic heterocycles. The molecule has 0 aliphatic rings. The molecule has 2 rings (SSSR count). The number of hydrogen-bond donors (Lipinski definition) is 1. The fourth-order valence-electron chi connectivity index (χ4n) is 1.46. The summed E-state index contributed by atoms with van der Waals surface area (Å²) in [6, 6.07) is 1.73. The second kappa shape index (κ2) is 6.12. The third-order valence-corrected chi connectivity index (χ3v) is 2.19. The largest absolute Gasteiger partial charge is 0.475 e. The minimum atomic E-state index is 0.0880. The van der Waals surface area contributed by atoms with Gasteiger partial charge >= 0.3 is 0 Å². The summed E-state index contributed by atoms with van der Waals surface area (Å²) in [6.45, 7) is 6.30. The van der Waals surface area contributed by atoms with Gasteiger partial charge in [0.05, 0.1) is 6.10 Å². The average molecular weight is 263 g/mol. The lowest BCUT2D eigenvalue weighted by Crippen LogP contribution is -2.11. The third kappa shape index (κ3) is 4.20. The molecule has 19 heavy (non-hydrogen) atoms. The molecule has 0 atom stereocenters. The summed E-state index contributed by atoms with van der Waals surface area (Å²) in [5.74, 6) is 2.32. The molecule has 102 valence electrons. The molecule has 0 unspecified atom stereocenters. The number of anilines is 1. The SMILES string of the molecule is Cc1nc(CCNc2nccc(OC(C)C)n2)no1. The van der Waals surface area contributed by atoms with Crippen LogP contribution in [-0.4, -0.2) is 32.8 Å². The summed E-state index contributed by atoms with van der Waals surface area (Å²) in [5, 5.41) is 6.90. The predicted molar refractivity (Wildman–Crippen MR) is 69.0 cm³/mol. The Bertz CT molecular complexity index is 526. The van der Waals surface area contributed by atoms with Gasteiger partial charge in [-0.1, -0.05) is 5.16 Å². The van der Waals surface area contributed by atoms with Crippen molar-refractivity contribution in [3.8, 4) is 5.88 Å². The van der Waals surface area contributed by atoms with Gasteiger partial charge in [-0.3, -0.25) is 0 Å². The van der Waals surface area contributed by atoms with Gasteiger partial charge in [-0.2, -0.15) is 9.97 Å². The van der Waals surface area contributed by atoms with Crippen LogP contribution < -0.4 is 10.1 Å². The zero-order valence-electron chi connectivity index (χ0n) is 11.3. The van der Waals surface area contributed by atoms with Gasteiger partial charge in [-0.15, -0.1) is 0 Å². The summed E-state index contributed by atoms with van der Waals surface area (Å²) >= 11 is 0. The van der Waals surface area contributed by atoms with E-state index in [1.54, 1.807) is 19.2 Å². The first-order valence-corrected chi connectivity index (χ1v) is 6.16. The highest BCUT2D eigenvalue weighted by atomic mass is 16.5. The fraction of sp³-hybridized carbons (Fsp3) is 0.500. The fourth-order valence-corrected chi connectivity index (χ4v) is 1.46. The number of hydrogen-bond acceptors (Lipinski definition) is 7. The smallest absolute Gasteiger partial charge is 0.225 e. The van der Waals surface area contributed by atoms with Crippen molar-refractivity contribution in [1.82, 2.24) is 20.1 Å². The molecule has 0 amide bonds. The van der Waals surface area contributed by atoms with Crippen molar-refractivity contribution in [1.29, 1.82) is 0 Å². The van der Waals surface area contributed by atoms with E-state index < -0.39 is 0 Å². The van der Waals surface area contributed by atoms with Crippen molar-refractivity contribution in [3.05, 3.63) is 24.0 Å². The summed E-state index contributed by atoms with van der Waals surface area (Å²) in [5.41, 5.74) is 0. The lowest BCUT2D eigenvalue weighted by atomic mass is 10.4. The molecular weight excluding hydrogens is 246 g/mol. The number of aryl methyl sites for hydroxylation is 1. The van der Waals surface area contributed by atoms with Crippen LogP contribution in [0.4, 0.5) is 5.95 Å². The van der Waals surface area contributed by atoms with Gasteiger partial charge in [0.15, 0.2) is 5.82 Å². The number of nitrogens with zero attached hydrogens (tertiary/aromatic N) is 4. The lowest BCUT2D eigenvalue weighted by Gasteiger charge is -2.09. The number of rotatable bonds is 6. The first-order valence-electron chi connectivity index (χ1n) is 6.16. The van der Waals surface area contributed by atoms with Crippen LogP contribution in [-0.2, 0) is 6.42 Å². The van der Waals surface area contributed by atoms with E-state index in [0.717, 1.165) is 0 Å².